The van der Waals surface area contributed by atoms with Crippen molar-refractivity contribution in [2.45, 2.75) is 25.0 Å². The van der Waals surface area contributed by atoms with E-state index in [4.69, 9.17) is 0 Å². The highest BCUT2D eigenvalue weighted by Gasteiger charge is 2.25. The van der Waals surface area contributed by atoms with Gasteiger partial charge in [-0.3, -0.25) is 4.98 Å². The van der Waals surface area contributed by atoms with Gasteiger partial charge in [0.2, 0.25) is 0 Å². The second-order valence-corrected chi connectivity index (χ2v) is 7.80. The maximum absolute atomic E-state index is 9.46. The Labute approximate surface area is 130 Å². The highest BCUT2D eigenvalue weighted by molar-refractivity contribution is 8.00. The van der Waals surface area contributed by atoms with Crippen molar-refractivity contribution in [2.24, 2.45) is 0 Å². The van der Waals surface area contributed by atoms with E-state index in [-0.39, 0.29) is 0 Å². The van der Waals surface area contributed by atoms with Gasteiger partial charge in [-0.15, -0.1) is 0 Å². The monoisotopic (exact) mass is 297 g/mol. The van der Waals surface area contributed by atoms with Crippen molar-refractivity contribution in [1.29, 1.82) is 5.26 Å². The molecular formula is C17H19N3S. The Balaban J connectivity index is 2.08. The molecule has 1 aliphatic heterocycles. The van der Waals surface area contributed by atoms with E-state index in [1.807, 2.05) is 30.0 Å². The number of fused-ring (bicyclic) bond motifs is 1. The number of nitrogens with zero attached hydrogens (tertiary/aromatic N) is 3. The third-order valence-electron chi connectivity index (χ3n) is 4.02. The molecular weight excluding hydrogens is 278 g/mol. The highest BCUT2D eigenvalue weighted by Crippen LogP contribution is 2.35. The van der Waals surface area contributed by atoms with Crippen LogP contribution in [0.4, 0.5) is 5.69 Å². The molecule has 2 heterocycles. The second kappa shape index (κ2) is 5.57. The smallest absolute Gasteiger partial charge is 0.103 e. The minimum absolute atomic E-state index is 0.310. The lowest BCUT2D eigenvalue weighted by atomic mass is 10.1. The Morgan fingerprint density at radius 2 is 2.10 bits per heavy atom. The zero-order valence-corrected chi connectivity index (χ0v) is 13.3. The summed E-state index contributed by atoms with van der Waals surface area (Å²) in [6.45, 7) is 6.58. The first-order chi connectivity index (χ1) is 10.1. The first kappa shape index (κ1) is 14.2. The van der Waals surface area contributed by atoms with Crippen LogP contribution in [0, 0.1) is 11.3 Å². The third kappa shape index (κ3) is 2.84. The maximum Gasteiger partial charge on any atom is 0.103 e. The second-order valence-electron chi connectivity index (χ2n) is 5.99. The van der Waals surface area contributed by atoms with Crippen molar-refractivity contribution in [2.75, 3.05) is 23.7 Å². The standard InChI is InChI=1S/C17H19N3S/c1-17(2)7-8-20(9-10-21-17)16-13(11-18)12-19-15-6-4-3-5-14(15)16/h3-6,12H,7-10H2,1-2H3. The van der Waals surface area contributed by atoms with E-state index in [2.05, 4.69) is 35.9 Å². The molecule has 0 bridgehead atoms. The average molecular weight is 297 g/mol. The topological polar surface area (TPSA) is 39.9 Å². The highest BCUT2D eigenvalue weighted by atomic mass is 32.2. The van der Waals surface area contributed by atoms with Crippen LogP contribution in [0.15, 0.2) is 30.5 Å². The molecule has 0 atom stereocenters. The normalized spacial score (nSPS) is 18.2. The molecule has 3 nitrogen and oxygen atoms in total. The molecule has 108 valence electrons. The van der Waals surface area contributed by atoms with Crippen molar-refractivity contribution >= 4 is 28.4 Å². The van der Waals surface area contributed by atoms with Gasteiger partial charge in [0.05, 0.1) is 16.8 Å². The number of anilines is 1. The Morgan fingerprint density at radius 3 is 2.90 bits per heavy atom. The molecule has 1 aromatic heterocycles. The molecule has 1 fully saturated rings. The van der Waals surface area contributed by atoms with E-state index in [1.165, 1.54) is 0 Å². The number of para-hydroxylation sites is 1. The van der Waals surface area contributed by atoms with Crippen molar-refractivity contribution in [3.8, 4) is 6.07 Å². The molecule has 4 heteroatoms. The van der Waals surface area contributed by atoms with E-state index in [1.54, 1.807) is 6.20 Å². The fourth-order valence-electron chi connectivity index (χ4n) is 2.79. The SMILES string of the molecule is CC1(C)CCN(c2c(C#N)cnc3ccccc23)CCS1. The fourth-order valence-corrected chi connectivity index (χ4v) is 3.89. The van der Waals surface area contributed by atoms with Gasteiger partial charge in [0.15, 0.2) is 0 Å². The summed E-state index contributed by atoms with van der Waals surface area (Å²) >= 11 is 2.02. The summed E-state index contributed by atoms with van der Waals surface area (Å²) in [6, 6.07) is 10.4. The summed E-state index contributed by atoms with van der Waals surface area (Å²) in [5, 5.41) is 10.5. The van der Waals surface area contributed by atoms with Gasteiger partial charge in [0.1, 0.15) is 6.07 Å². The van der Waals surface area contributed by atoms with Crippen LogP contribution in [-0.2, 0) is 0 Å². The molecule has 0 aliphatic carbocycles. The number of hydrogen-bond acceptors (Lipinski definition) is 4. The lowest BCUT2D eigenvalue weighted by molar-refractivity contribution is 0.638. The van der Waals surface area contributed by atoms with Crippen molar-refractivity contribution in [1.82, 2.24) is 4.98 Å². The number of rotatable bonds is 1. The molecule has 0 radical (unpaired) electrons. The molecule has 0 unspecified atom stereocenters. The quantitative estimate of drug-likeness (QED) is 0.802. The summed E-state index contributed by atoms with van der Waals surface area (Å²) < 4.78 is 0.310. The predicted molar refractivity (Wildman–Crippen MR) is 89.8 cm³/mol. The van der Waals surface area contributed by atoms with E-state index in [9.17, 15) is 5.26 Å². The molecule has 3 rings (SSSR count). The van der Waals surface area contributed by atoms with Crippen LogP contribution in [0.1, 0.15) is 25.8 Å². The summed E-state index contributed by atoms with van der Waals surface area (Å²) in [5.74, 6) is 1.09. The zero-order chi connectivity index (χ0) is 14.9. The van der Waals surface area contributed by atoms with Gasteiger partial charge >= 0.3 is 0 Å². The van der Waals surface area contributed by atoms with E-state index in [0.717, 1.165) is 41.9 Å². The number of nitriles is 1. The molecule has 21 heavy (non-hydrogen) atoms. The van der Waals surface area contributed by atoms with Crippen LogP contribution < -0.4 is 4.90 Å². The van der Waals surface area contributed by atoms with Gasteiger partial charge in [-0.05, 0) is 12.5 Å². The summed E-state index contributed by atoms with van der Waals surface area (Å²) in [4.78, 5) is 6.77. The molecule has 1 saturated heterocycles. The molecule has 0 amide bonds. The largest absolute Gasteiger partial charge is 0.369 e. The molecule has 2 aromatic rings. The van der Waals surface area contributed by atoms with Crippen LogP contribution >= 0.6 is 11.8 Å². The van der Waals surface area contributed by atoms with E-state index >= 15 is 0 Å². The molecule has 0 N–H and O–H groups in total. The number of aromatic nitrogens is 1. The van der Waals surface area contributed by atoms with Gasteiger partial charge in [-0.2, -0.15) is 17.0 Å². The Kier molecular flexibility index (Phi) is 3.77. The summed E-state index contributed by atoms with van der Waals surface area (Å²) in [6.07, 6.45) is 2.83. The number of hydrogen-bond donors (Lipinski definition) is 0. The Morgan fingerprint density at radius 1 is 1.29 bits per heavy atom. The van der Waals surface area contributed by atoms with Gasteiger partial charge in [0, 0.05) is 35.2 Å². The first-order valence-electron chi connectivity index (χ1n) is 7.27. The Hall–Kier alpha value is -1.73. The van der Waals surface area contributed by atoms with Crippen LogP contribution in [0.3, 0.4) is 0 Å². The van der Waals surface area contributed by atoms with Crippen molar-refractivity contribution < 1.29 is 0 Å². The maximum atomic E-state index is 9.46. The molecule has 0 saturated carbocycles. The predicted octanol–water partition coefficient (Wildman–Crippen LogP) is 3.83. The van der Waals surface area contributed by atoms with E-state index in [0.29, 0.717) is 10.3 Å². The molecule has 1 aromatic carbocycles. The van der Waals surface area contributed by atoms with Gasteiger partial charge in [-0.25, -0.2) is 0 Å². The van der Waals surface area contributed by atoms with E-state index < -0.39 is 0 Å². The number of benzene rings is 1. The third-order valence-corrected chi connectivity index (χ3v) is 5.39. The van der Waals surface area contributed by atoms with Gasteiger partial charge in [-0.1, -0.05) is 32.0 Å². The fraction of sp³-hybridized carbons (Fsp3) is 0.412. The van der Waals surface area contributed by atoms with Crippen molar-refractivity contribution in [3.05, 3.63) is 36.0 Å². The number of pyridine rings is 1. The average Bonchev–Trinajstić information content (AvgIpc) is 2.67. The zero-order valence-electron chi connectivity index (χ0n) is 12.5. The van der Waals surface area contributed by atoms with Crippen LogP contribution in [0.2, 0.25) is 0 Å². The summed E-state index contributed by atoms with van der Waals surface area (Å²) in [5.41, 5.74) is 2.70. The van der Waals surface area contributed by atoms with Crippen LogP contribution in [-0.4, -0.2) is 28.6 Å². The summed E-state index contributed by atoms with van der Waals surface area (Å²) in [7, 11) is 0. The Bertz CT molecular complexity index is 703. The molecule has 1 aliphatic rings. The first-order valence-corrected chi connectivity index (χ1v) is 8.26. The minimum Gasteiger partial charge on any atom is -0.369 e. The minimum atomic E-state index is 0.310. The molecule has 0 spiro atoms. The lowest BCUT2D eigenvalue weighted by Crippen LogP contribution is -2.28. The van der Waals surface area contributed by atoms with Gasteiger partial charge < -0.3 is 4.90 Å². The van der Waals surface area contributed by atoms with Crippen LogP contribution in [0.25, 0.3) is 10.9 Å². The number of thioether (sulfide) groups is 1. The van der Waals surface area contributed by atoms with Crippen LogP contribution in [0.5, 0.6) is 0 Å². The van der Waals surface area contributed by atoms with Crippen molar-refractivity contribution in [3.63, 3.8) is 0 Å². The van der Waals surface area contributed by atoms with Gasteiger partial charge in [0.25, 0.3) is 0 Å². The lowest BCUT2D eigenvalue weighted by Gasteiger charge is -2.26.